The van der Waals surface area contributed by atoms with Gasteiger partial charge in [0.2, 0.25) is 0 Å². The van der Waals surface area contributed by atoms with Gasteiger partial charge in [0.05, 0.1) is 6.42 Å². The summed E-state index contributed by atoms with van der Waals surface area (Å²) in [6.07, 6.45) is 7.06. The van der Waals surface area contributed by atoms with Crippen LogP contribution in [-0.2, 0) is 14.3 Å². The zero-order valence-corrected chi connectivity index (χ0v) is 11.6. The second-order valence-corrected chi connectivity index (χ2v) is 4.96. The molecule has 0 bridgehead atoms. The summed E-state index contributed by atoms with van der Waals surface area (Å²) in [5.41, 5.74) is 0. The predicted octanol–water partition coefficient (Wildman–Crippen LogP) is 2.51. The van der Waals surface area contributed by atoms with E-state index >= 15 is 0 Å². The van der Waals surface area contributed by atoms with Crippen LogP contribution in [0.15, 0.2) is 0 Å². The van der Waals surface area contributed by atoms with E-state index in [4.69, 9.17) is 0 Å². The Balaban J connectivity index is 2.47. The molecule has 4 heteroatoms. The quantitative estimate of drug-likeness (QED) is 0.361. The van der Waals surface area contributed by atoms with Gasteiger partial charge in [-0.1, -0.05) is 39.5 Å². The second-order valence-electron chi connectivity index (χ2n) is 4.96. The van der Waals surface area contributed by atoms with Crippen molar-refractivity contribution in [1.82, 2.24) is 4.90 Å². The minimum atomic E-state index is -0.374. The molecule has 0 aromatic heterocycles. The lowest BCUT2D eigenvalue weighted by atomic mass is 10.1. The Morgan fingerprint density at radius 1 is 1.06 bits per heavy atom. The molecule has 1 aliphatic heterocycles. The van der Waals surface area contributed by atoms with Crippen molar-refractivity contribution in [3.63, 3.8) is 0 Å². The van der Waals surface area contributed by atoms with Crippen LogP contribution in [-0.4, -0.2) is 36.0 Å². The van der Waals surface area contributed by atoms with Crippen LogP contribution in [0.5, 0.6) is 0 Å². The van der Waals surface area contributed by atoms with Crippen molar-refractivity contribution in [2.45, 2.75) is 64.8 Å². The van der Waals surface area contributed by atoms with E-state index in [0.717, 1.165) is 38.8 Å². The molecule has 1 unspecified atom stereocenters. The molecule has 0 radical (unpaired) electrons. The summed E-state index contributed by atoms with van der Waals surface area (Å²) in [5, 5.41) is 0. The Hall–Kier alpha value is -0.900. The van der Waals surface area contributed by atoms with E-state index in [1.54, 1.807) is 0 Å². The summed E-state index contributed by atoms with van der Waals surface area (Å²) in [6.45, 7) is 6.11. The SMILES string of the molecule is CCCCCN(CCCCC)C1CC(=O)OC1=O. The first-order valence-corrected chi connectivity index (χ1v) is 7.17. The van der Waals surface area contributed by atoms with Gasteiger partial charge < -0.3 is 4.74 Å². The van der Waals surface area contributed by atoms with Crippen molar-refractivity contribution < 1.29 is 14.3 Å². The normalized spacial score (nSPS) is 19.6. The summed E-state index contributed by atoms with van der Waals surface area (Å²) in [4.78, 5) is 24.9. The van der Waals surface area contributed by atoms with Gasteiger partial charge in [-0.15, -0.1) is 0 Å². The molecule has 0 N–H and O–H groups in total. The van der Waals surface area contributed by atoms with Gasteiger partial charge in [-0.05, 0) is 25.9 Å². The number of esters is 2. The molecule has 0 aromatic carbocycles. The smallest absolute Gasteiger partial charge is 0.331 e. The van der Waals surface area contributed by atoms with E-state index < -0.39 is 0 Å². The molecule has 1 rings (SSSR count). The average Bonchev–Trinajstić information content (AvgIpc) is 2.67. The number of rotatable bonds is 9. The molecular weight excluding hydrogens is 230 g/mol. The molecule has 104 valence electrons. The third kappa shape index (κ3) is 4.77. The molecule has 0 amide bonds. The van der Waals surface area contributed by atoms with E-state index in [0.29, 0.717) is 0 Å². The third-order valence-electron chi connectivity index (χ3n) is 3.39. The molecule has 4 nitrogen and oxygen atoms in total. The van der Waals surface area contributed by atoms with Gasteiger partial charge in [0.15, 0.2) is 0 Å². The Morgan fingerprint density at radius 3 is 2.00 bits per heavy atom. The number of hydrogen-bond donors (Lipinski definition) is 0. The third-order valence-corrected chi connectivity index (χ3v) is 3.39. The lowest BCUT2D eigenvalue weighted by molar-refractivity contribution is -0.153. The van der Waals surface area contributed by atoms with E-state index in [-0.39, 0.29) is 24.4 Å². The number of carbonyl (C=O) groups excluding carboxylic acids is 2. The molecule has 0 aromatic rings. The highest BCUT2D eigenvalue weighted by molar-refractivity contribution is 5.96. The van der Waals surface area contributed by atoms with Crippen LogP contribution in [0.3, 0.4) is 0 Å². The zero-order chi connectivity index (χ0) is 13.4. The molecule has 18 heavy (non-hydrogen) atoms. The van der Waals surface area contributed by atoms with Gasteiger partial charge in [-0.3, -0.25) is 9.69 Å². The van der Waals surface area contributed by atoms with Gasteiger partial charge in [0, 0.05) is 0 Å². The van der Waals surface area contributed by atoms with Crippen molar-refractivity contribution in [2.75, 3.05) is 13.1 Å². The van der Waals surface area contributed by atoms with E-state index in [2.05, 4.69) is 23.5 Å². The number of ether oxygens (including phenoxy) is 1. The van der Waals surface area contributed by atoms with Crippen LogP contribution < -0.4 is 0 Å². The highest BCUT2D eigenvalue weighted by Gasteiger charge is 2.37. The van der Waals surface area contributed by atoms with Crippen LogP contribution in [0.25, 0.3) is 0 Å². The van der Waals surface area contributed by atoms with Crippen molar-refractivity contribution in [3.8, 4) is 0 Å². The van der Waals surface area contributed by atoms with Gasteiger partial charge in [-0.25, -0.2) is 4.79 Å². The Bertz CT molecular complexity index is 268. The minimum Gasteiger partial charge on any atom is -0.392 e. The summed E-state index contributed by atoms with van der Waals surface area (Å²) in [5.74, 6) is -0.728. The van der Waals surface area contributed by atoms with Crippen LogP contribution >= 0.6 is 0 Å². The molecule has 1 saturated heterocycles. The topological polar surface area (TPSA) is 46.6 Å². The standard InChI is InChI=1S/C14H25NO3/c1-3-5-7-9-15(10-8-6-4-2)12-11-13(16)18-14(12)17/h12H,3-11H2,1-2H3. The molecule has 1 heterocycles. The fraction of sp³-hybridized carbons (Fsp3) is 0.857. The first-order chi connectivity index (χ1) is 8.69. The maximum Gasteiger partial charge on any atom is 0.331 e. The molecule has 0 saturated carbocycles. The molecule has 1 aliphatic rings. The van der Waals surface area contributed by atoms with E-state index in [9.17, 15) is 9.59 Å². The van der Waals surface area contributed by atoms with Crippen LogP contribution in [0, 0.1) is 0 Å². The number of nitrogens with zero attached hydrogens (tertiary/aromatic N) is 1. The summed E-state index contributed by atoms with van der Waals surface area (Å²) in [6, 6.07) is -0.328. The average molecular weight is 255 g/mol. The van der Waals surface area contributed by atoms with Gasteiger partial charge in [0.25, 0.3) is 0 Å². The predicted molar refractivity (Wildman–Crippen MR) is 70.1 cm³/mol. The van der Waals surface area contributed by atoms with Crippen molar-refractivity contribution >= 4 is 11.9 Å². The highest BCUT2D eigenvalue weighted by Crippen LogP contribution is 2.17. The Morgan fingerprint density at radius 2 is 1.61 bits per heavy atom. The number of hydrogen-bond acceptors (Lipinski definition) is 4. The Kier molecular flexibility index (Phi) is 6.94. The van der Waals surface area contributed by atoms with Crippen LogP contribution in [0.1, 0.15) is 58.8 Å². The van der Waals surface area contributed by atoms with Crippen molar-refractivity contribution in [2.24, 2.45) is 0 Å². The van der Waals surface area contributed by atoms with Gasteiger partial charge in [-0.2, -0.15) is 0 Å². The molecule has 0 aliphatic carbocycles. The Labute approximate surface area is 110 Å². The summed E-state index contributed by atoms with van der Waals surface area (Å²) < 4.78 is 4.65. The number of unbranched alkanes of at least 4 members (excludes halogenated alkanes) is 4. The van der Waals surface area contributed by atoms with Crippen LogP contribution in [0.4, 0.5) is 0 Å². The van der Waals surface area contributed by atoms with Crippen LogP contribution in [0.2, 0.25) is 0 Å². The molecule has 1 fully saturated rings. The zero-order valence-electron chi connectivity index (χ0n) is 11.6. The monoisotopic (exact) mass is 255 g/mol. The van der Waals surface area contributed by atoms with Gasteiger partial charge >= 0.3 is 11.9 Å². The first kappa shape index (κ1) is 15.2. The van der Waals surface area contributed by atoms with Crippen molar-refractivity contribution in [3.05, 3.63) is 0 Å². The van der Waals surface area contributed by atoms with E-state index in [1.807, 2.05) is 0 Å². The first-order valence-electron chi connectivity index (χ1n) is 7.17. The van der Waals surface area contributed by atoms with Gasteiger partial charge in [0.1, 0.15) is 6.04 Å². The lowest BCUT2D eigenvalue weighted by Crippen LogP contribution is -2.39. The molecule has 0 spiro atoms. The fourth-order valence-corrected chi connectivity index (χ4v) is 2.29. The lowest BCUT2D eigenvalue weighted by Gasteiger charge is -2.25. The van der Waals surface area contributed by atoms with Crippen molar-refractivity contribution in [1.29, 1.82) is 0 Å². The maximum absolute atomic E-state index is 11.6. The number of carbonyl (C=O) groups is 2. The van der Waals surface area contributed by atoms with E-state index in [1.165, 1.54) is 12.8 Å². The largest absolute Gasteiger partial charge is 0.392 e. The fourth-order valence-electron chi connectivity index (χ4n) is 2.29. The second kappa shape index (κ2) is 8.25. The number of cyclic esters (lactones) is 2. The molecular formula is C14H25NO3. The summed E-state index contributed by atoms with van der Waals surface area (Å²) in [7, 11) is 0. The molecule has 1 atom stereocenters. The minimum absolute atomic E-state index is 0.233. The maximum atomic E-state index is 11.6. The summed E-state index contributed by atoms with van der Waals surface area (Å²) >= 11 is 0. The highest BCUT2D eigenvalue weighted by atomic mass is 16.6.